The molecule has 2 aromatic rings. The summed E-state index contributed by atoms with van der Waals surface area (Å²) in [6.07, 6.45) is 11.5. The lowest BCUT2D eigenvalue weighted by Crippen LogP contribution is -2.60. The summed E-state index contributed by atoms with van der Waals surface area (Å²) < 4.78 is 0. The SMILES string of the molecule is Cc1ccc(CC(NC(=O)C2=C[C@@]3(C)C(CC[C@@H]4[C@H]3CC[C@]3(C)CCC[C@@H]43)NC2=O)c2ccccc2)cc1. The van der Waals surface area contributed by atoms with Crippen LogP contribution in [0.15, 0.2) is 66.2 Å². The summed E-state index contributed by atoms with van der Waals surface area (Å²) in [6.45, 7) is 6.92. The molecular weight excluding hydrogens is 468 g/mol. The molecule has 200 valence electrons. The average molecular weight is 511 g/mol. The van der Waals surface area contributed by atoms with Gasteiger partial charge < -0.3 is 10.6 Å². The fourth-order valence-corrected chi connectivity index (χ4v) is 8.73. The maximum Gasteiger partial charge on any atom is 0.257 e. The monoisotopic (exact) mass is 510 g/mol. The second-order valence-electron chi connectivity index (χ2n) is 13.1. The maximum atomic E-state index is 13.8. The number of hydrogen-bond donors (Lipinski definition) is 2. The van der Waals surface area contributed by atoms with Crippen molar-refractivity contribution in [3.05, 3.63) is 82.9 Å². The summed E-state index contributed by atoms with van der Waals surface area (Å²) >= 11 is 0. The zero-order chi connectivity index (χ0) is 26.5. The summed E-state index contributed by atoms with van der Waals surface area (Å²) in [5.74, 6) is 1.54. The molecule has 2 amide bonds. The largest absolute Gasteiger partial charge is 0.348 e. The molecule has 3 saturated carbocycles. The molecule has 6 rings (SSSR count). The summed E-state index contributed by atoms with van der Waals surface area (Å²) in [6, 6.07) is 18.5. The zero-order valence-electron chi connectivity index (χ0n) is 23.1. The summed E-state index contributed by atoms with van der Waals surface area (Å²) in [5, 5.41) is 6.55. The molecule has 1 heterocycles. The molecule has 0 saturated heterocycles. The van der Waals surface area contributed by atoms with E-state index in [1.165, 1.54) is 44.1 Å². The molecule has 0 bridgehead atoms. The maximum absolute atomic E-state index is 13.8. The Bertz CT molecular complexity index is 1230. The Morgan fingerprint density at radius 2 is 1.74 bits per heavy atom. The second-order valence-corrected chi connectivity index (χ2v) is 13.1. The smallest absolute Gasteiger partial charge is 0.257 e. The van der Waals surface area contributed by atoms with Crippen LogP contribution in [0.2, 0.25) is 0 Å². The van der Waals surface area contributed by atoms with Gasteiger partial charge in [0.2, 0.25) is 0 Å². The minimum atomic E-state index is -0.258. The van der Waals surface area contributed by atoms with E-state index in [0.717, 1.165) is 23.5 Å². The summed E-state index contributed by atoms with van der Waals surface area (Å²) in [7, 11) is 0. The third-order valence-corrected chi connectivity index (χ3v) is 10.9. The minimum Gasteiger partial charge on any atom is -0.348 e. The van der Waals surface area contributed by atoms with E-state index in [2.05, 4.69) is 73.9 Å². The third-order valence-electron chi connectivity index (χ3n) is 10.9. The van der Waals surface area contributed by atoms with Crippen molar-refractivity contribution < 1.29 is 9.59 Å². The van der Waals surface area contributed by atoms with Crippen LogP contribution in [0.1, 0.15) is 81.5 Å². The molecule has 3 aliphatic carbocycles. The van der Waals surface area contributed by atoms with E-state index in [0.29, 0.717) is 29.2 Å². The van der Waals surface area contributed by atoms with Crippen LogP contribution in [0.4, 0.5) is 0 Å². The topological polar surface area (TPSA) is 58.2 Å². The van der Waals surface area contributed by atoms with E-state index < -0.39 is 0 Å². The Morgan fingerprint density at radius 1 is 0.974 bits per heavy atom. The van der Waals surface area contributed by atoms with Crippen LogP contribution < -0.4 is 10.6 Å². The molecule has 38 heavy (non-hydrogen) atoms. The Hall–Kier alpha value is -2.88. The molecular formula is C34H42N2O2. The van der Waals surface area contributed by atoms with Gasteiger partial charge >= 0.3 is 0 Å². The van der Waals surface area contributed by atoms with Crippen molar-refractivity contribution in [2.75, 3.05) is 0 Å². The van der Waals surface area contributed by atoms with E-state index in [-0.39, 0.29) is 29.3 Å². The van der Waals surface area contributed by atoms with Gasteiger partial charge in [0.1, 0.15) is 5.57 Å². The van der Waals surface area contributed by atoms with Gasteiger partial charge in [-0.25, -0.2) is 0 Å². The lowest BCUT2D eigenvalue weighted by molar-refractivity contribution is -0.128. The number of rotatable bonds is 5. The van der Waals surface area contributed by atoms with Gasteiger partial charge in [-0.1, -0.05) is 86.5 Å². The zero-order valence-corrected chi connectivity index (χ0v) is 23.1. The van der Waals surface area contributed by atoms with Crippen molar-refractivity contribution in [1.29, 1.82) is 0 Å². The van der Waals surface area contributed by atoms with Gasteiger partial charge in [-0.15, -0.1) is 0 Å². The van der Waals surface area contributed by atoms with Gasteiger partial charge in [0.15, 0.2) is 0 Å². The van der Waals surface area contributed by atoms with Gasteiger partial charge in [-0.05, 0) is 86.2 Å². The molecule has 2 unspecified atom stereocenters. The third kappa shape index (κ3) is 4.40. The van der Waals surface area contributed by atoms with E-state index in [9.17, 15) is 9.59 Å². The van der Waals surface area contributed by atoms with Gasteiger partial charge in [0.05, 0.1) is 6.04 Å². The van der Waals surface area contributed by atoms with Crippen molar-refractivity contribution in [2.45, 2.75) is 84.2 Å². The molecule has 4 heteroatoms. The van der Waals surface area contributed by atoms with Crippen LogP contribution in [0.3, 0.4) is 0 Å². The number of fused-ring (bicyclic) bond motifs is 5. The first-order valence-corrected chi connectivity index (χ1v) is 14.7. The lowest BCUT2D eigenvalue weighted by Gasteiger charge is -2.58. The van der Waals surface area contributed by atoms with Gasteiger partial charge in [0.25, 0.3) is 11.8 Å². The lowest BCUT2D eigenvalue weighted by atomic mass is 9.48. The molecule has 1 aliphatic heterocycles. The van der Waals surface area contributed by atoms with Crippen LogP contribution in [-0.4, -0.2) is 17.9 Å². The van der Waals surface area contributed by atoms with Crippen molar-refractivity contribution >= 4 is 11.8 Å². The minimum absolute atomic E-state index is 0.121. The predicted molar refractivity (Wildman–Crippen MR) is 151 cm³/mol. The Morgan fingerprint density at radius 3 is 2.50 bits per heavy atom. The average Bonchev–Trinajstić information content (AvgIpc) is 3.32. The predicted octanol–water partition coefficient (Wildman–Crippen LogP) is 6.45. The first-order valence-electron chi connectivity index (χ1n) is 14.7. The van der Waals surface area contributed by atoms with Crippen LogP contribution in [0.25, 0.3) is 0 Å². The summed E-state index contributed by atoms with van der Waals surface area (Å²) in [5.41, 5.74) is 4.04. The number of carbonyl (C=O) groups is 2. The molecule has 7 atom stereocenters. The first kappa shape index (κ1) is 25.4. The number of nitrogens with one attached hydrogen (secondary N) is 2. The Kier molecular flexibility index (Phi) is 6.48. The number of aryl methyl sites for hydroxylation is 1. The second kappa shape index (κ2) is 9.70. The highest BCUT2D eigenvalue weighted by Crippen LogP contribution is 2.63. The molecule has 3 fully saturated rings. The number of carbonyl (C=O) groups excluding carboxylic acids is 2. The van der Waals surface area contributed by atoms with E-state index in [4.69, 9.17) is 0 Å². The van der Waals surface area contributed by atoms with Gasteiger partial charge in [0, 0.05) is 11.5 Å². The van der Waals surface area contributed by atoms with Gasteiger partial charge in [-0.3, -0.25) is 9.59 Å². The van der Waals surface area contributed by atoms with Crippen molar-refractivity contribution in [3.8, 4) is 0 Å². The van der Waals surface area contributed by atoms with Crippen LogP contribution in [-0.2, 0) is 16.0 Å². The molecule has 2 N–H and O–H groups in total. The quantitative estimate of drug-likeness (QED) is 0.454. The Balaban J connectivity index is 1.28. The van der Waals surface area contributed by atoms with Gasteiger partial charge in [-0.2, -0.15) is 0 Å². The summed E-state index contributed by atoms with van der Waals surface area (Å²) in [4.78, 5) is 27.1. The molecule has 0 radical (unpaired) electrons. The van der Waals surface area contributed by atoms with Crippen molar-refractivity contribution in [2.24, 2.45) is 28.6 Å². The van der Waals surface area contributed by atoms with Crippen molar-refractivity contribution in [1.82, 2.24) is 10.6 Å². The van der Waals surface area contributed by atoms with Crippen LogP contribution in [0.5, 0.6) is 0 Å². The fourth-order valence-electron chi connectivity index (χ4n) is 8.73. The highest BCUT2D eigenvalue weighted by Gasteiger charge is 2.58. The highest BCUT2D eigenvalue weighted by atomic mass is 16.2. The normalized spacial score (nSPS) is 34.7. The van der Waals surface area contributed by atoms with Crippen LogP contribution >= 0.6 is 0 Å². The number of hydrogen-bond acceptors (Lipinski definition) is 2. The molecule has 2 aromatic carbocycles. The van der Waals surface area contributed by atoms with Crippen LogP contribution in [0, 0.1) is 35.5 Å². The van der Waals surface area contributed by atoms with E-state index in [1.54, 1.807) is 0 Å². The number of benzene rings is 2. The van der Waals surface area contributed by atoms with E-state index in [1.807, 2.05) is 18.2 Å². The first-order chi connectivity index (χ1) is 18.3. The molecule has 4 nitrogen and oxygen atoms in total. The highest BCUT2D eigenvalue weighted by molar-refractivity contribution is 6.19. The standard InChI is InChI=1S/C34H42N2O2/c1-22-11-13-23(14-12-22)20-29(24-8-5-4-6-9-24)35-31(37)26-21-34(3)28-17-19-33(2)18-7-10-27(33)25(28)15-16-30(34)36-32(26)38/h4-6,8-9,11-14,21,25,27-30H,7,10,15-20H2,1-3H3,(H,35,37)(H,36,38)/t25-,27-,28+,29?,30?,33-,34+/m0/s1. The molecule has 0 aromatic heterocycles. The Labute approximate surface area is 227 Å². The fraction of sp³-hybridized carbons (Fsp3) is 0.529. The molecule has 0 spiro atoms. The van der Waals surface area contributed by atoms with Crippen molar-refractivity contribution in [3.63, 3.8) is 0 Å². The van der Waals surface area contributed by atoms with E-state index >= 15 is 0 Å². The number of amides is 2. The molecule has 4 aliphatic rings.